The van der Waals surface area contributed by atoms with Crippen molar-refractivity contribution in [3.63, 3.8) is 0 Å². The molecule has 3 aliphatic carbocycles. The van der Waals surface area contributed by atoms with Gasteiger partial charge in [-0.25, -0.2) is 0 Å². The van der Waals surface area contributed by atoms with Crippen molar-refractivity contribution in [2.75, 3.05) is 0 Å². The Kier molecular flexibility index (Phi) is 5.77. The zero-order chi connectivity index (χ0) is 32.0. The van der Waals surface area contributed by atoms with Crippen LogP contribution in [0.1, 0.15) is 69.8 Å². The largest absolute Gasteiger partial charge is 0.0725 e. The Morgan fingerprint density at radius 1 is 0.375 bits per heavy atom. The first-order valence-corrected chi connectivity index (χ1v) is 17.3. The summed E-state index contributed by atoms with van der Waals surface area (Å²) in [7, 11) is 0. The van der Waals surface area contributed by atoms with Crippen LogP contribution in [0.25, 0.3) is 33.4 Å². The van der Waals surface area contributed by atoms with E-state index in [0.29, 0.717) is 0 Å². The van der Waals surface area contributed by atoms with E-state index in [9.17, 15) is 0 Å². The summed E-state index contributed by atoms with van der Waals surface area (Å²) in [5.41, 5.74) is 20.4. The summed E-state index contributed by atoms with van der Waals surface area (Å²) in [6, 6.07) is 62.0. The maximum absolute atomic E-state index is 2.55. The molecule has 0 aromatic heterocycles. The lowest BCUT2D eigenvalue weighted by Gasteiger charge is -2.31. The Balaban J connectivity index is 1.15. The smallest absolute Gasteiger partial charge is 0.0622 e. The number of hydrogen-bond donors (Lipinski definition) is 0. The molecule has 1 spiro atoms. The Morgan fingerprint density at radius 2 is 0.833 bits per heavy atom. The molecule has 7 aromatic carbocycles. The lowest BCUT2D eigenvalue weighted by Crippen LogP contribution is -2.26. The van der Waals surface area contributed by atoms with Crippen molar-refractivity contribution in [3.8, 4) is 33.4 Å². The van der Waals surface area contributed by atoms with Crippen LogP contribution in [0.3, 0.4) is 0 Å². The predicted octanol–water partition coefficient (Wildman–Crippen LogP) is 11.7. The minimum Gasteiger partial charge on any atom is -0.0622 e. The monoisotopic (exact) mass is 612 g/mol. The highest BCUT2D eigenvalue weighted by Crippen LogP contribution is 2.62. The molecule has 0 fully saturated rings. The summed E-state index contributed by atoms with van der Waals surface area (Å²) in [6.07, 6.45) is 0.930. The van der Waals surface area contributed by atoms with Gasteiger partial charge in [0.25, 0.3) is 0 Å². The van der Waals surface area contributed by atoms with E-state index in [1.807, 2.05) is 0 Å². The SMILES string of the molecule is CC1(C)c2ccccc2-c2ccc(C(Cc3ccc4c(c3)C3(c5ccccc5-c5ccccc53)c3ccccc3-4)c3ccccc3)cc21. The molecule has 7 aromatic rings. The maximum atomic E-state index is 2.55. The number of hydrogen-bond acceptors (Lipinski definition) is 0. The van der Waals surface area contributed by atoms with Gasteiger partial charge in [-0.2, -0.15) is 0 Å². The van der Waals surface area contributed by atoms with Crippen LogP contribution in [0.15, 0.2) is 164 Å². The molecule has 48 heavy (non-hydrogen) atoms. The van der Waals surface area contributed by atoms with E-state index in [4.69, 9.17) is 0 Å². The first-order chi connectivity index (χ1) is 23.6. The van der Waals surface area contributed by atoms with Gasteiger partial charge in [0.15, 0.2) is 0 Å². The van der Waals surface area contributed by atoms with Gasteiger partial charge in [-0.1, -0.05) is 178 Å². The number of rotatable bonds is 4. The maximum Gasteiger partial charge on any atom is 0.0725 e. The molecule has 1 atom stereocenters. The van der Waals surface area contributed by atoms with Gasteiger partial charge in [-0.3, -0.25) is 0 Å². The van der Waals surface area contributed by atoms with Crippen molar-refractivity contribution in [1.29, 1.82) is 0 Å². The molecular formula is C48H36. The van der Waals surface area contributed by atoms with Crippen molar-refractivity contribution in [3.05, 3.63) is 214 Å². The molecule has 0 saturated carbocycles. The lowest BCUT2D eigenvalue weighted by molar-refractivity contribution is 0.657. The number of fused-ring (bicyclic) bond motifs is 13. The average molecular weight is 613 g/mol. The normalized spacial score (nSPS) is 15.6. The Morgan fingerprint density at radius 3 is 1.44 bits per heavy atom. The summed E-state index contributed by atoms with van der Waals surface area (Å²) in [4.78, 5) is 0. The minimum atomic E-state index is -0.319. The Hall–Kier alpha value is -5.46. The van der Waals surface area contributed by atoms with Gasteiger partial charge in [0.1, 0.15) is 0 Å². The summed E-state index contributed by atoms with van der Waals surface area (Å²) in [5.74, 6) is 0.233. The van der Waals surface area contributed by atoms with Gasteiger partial charge in [-0.15, -0.1) is 0 Å². The third-order valence-corrected chi connectivity index (χ3v) is 11.7. The van der Waals surface area contributed by atoms with Gasteiger partial charge in [0.05, 0.1) is 5.41 Å². The second-order valence-electron chi connectivity index (χ2n) is 14.4. The quantitative estimate of drug-likeness (QED) is 0.185. The average Bonchev–Trinajstić information content (AvgIpc) is 3.69. The molecular weight excluding hydrogens is 577 g/mol. The van der Waals surface area contributed by atoms with Crippen LogP contribution in [-0.2, 0) is 17.3 Å². The van der Waals surface area contributed by atoms with Crippen LogP contribution in [0.2, 0.25) is 0 Å². The molecule has 0 nitrogen and oxygen atoms in total. The molecule has 0 amide bonds. The predicted molar refractivity (Wildman–Crippen MR) is 199 cm³/mol. The first-order valence-electron chi connectivity index (χ1n) is 17.3. The van der Waals surface area contributed by atoms with Crippen molar-refractivity contribution in [1.82, 2.24) is 0 Å². The first kappa shape index (κ1) is 27.6. The molecule has 0 heterocycles. The molecule has 228 valence electrons. The highest BCUT2D eigenvalue weighted by molar-refractivity contribution is 5.95. The summed E-state index contributed by atoms with van der Waals surface area (Å²) >= 11 is 0. The minimum absolute atomic E-state index is 0.0296. The van der Waals surface area contributed by atoms with Crippen LogP contribution < -0.4 is 0 Å². The number of benzene rings is 7. The molecule has 0 aliphatic heterocycles. The second kappa shape index (κ2) is 10.0. The highest BCUT2D eigenvalue weighted by atomic mass is 14.5. The molecule has 10 rings (SSSR count). The summed E-state index contributed by atoms with van der Waals surface area (Å²) < 4.78 is 0. The topological polar surface area (TPSA) is 0 Å². The van der Waals surface area contributed by atoms with Gasteiger partial charge in [0.2, 0.25) is 0 Å². The van der Waals surface area contributed by atoms with E-state index in [2.05, 4.69) is 178 Å². The molecule has 0 saturated heterocycles. The third-order valence-electron chi connectivity index (χ3n) is 11.7. The molecule has 0 bridgehead atoms. The molecule has 0 radical (unpaired) electrons. The summed E-state index contributed by atoms with van der Waals surface area (Å²) in [6.45, 7) is 4.77. The van der Waals surface area contributed by atoms with Crippen molar-refractivity contribution >= 4 is 0 Å². The van der Waals surface area contributed by atoms with E-state index >= 15 is 0 Å². The Bertz CT molecular complexity index is 2340. The van der Waals surface area contributed by atoms with Crippen LogP contribution in [-0.4, -0.2) is 0 Å². The molecule has 3 aliphatic rings. The third kappa shape index (κ3) is 3.61. The van der Waals surface area contributed by atoms with Gasteiger partial charge >= 0.3 is 0 Å². The molecule has 1 unspecified atom stereocenters. The van der Waals surface area contributed by atoms with Gasteiger partial charge in [0, 0.05) is 11.3 Å². The fraction of sp³-hybridized carbons (Fsp3) is 0.125. The fourth-order valence-electron chi connectivity index (χ4n) is 9.56. The van der Waals surface area contributed by atoms with E-state index < -0.39 is 0 Å². The van der Waals surface area contributed by atoms with Crippen molar-refractivity contribution in [2.24, 2.45) is 0 Å². The molecule has 0 N–H and O–H groups in total. The van der Waals surface area contributed by atoms with E-state index in [0.717, 1.165) is 6.42 Å². The van der Waals surface area contributed by atoms with E-state index in [1.165, 1.54) is 83.5 Å². The Labute approximate surface area is 283 Å². The van der Waals surface area contributed by atoms with E-state index in [-0.39, 0.29) is 16.7 Å². The van der Waals surface area contributed by atoms with Crippen LogP contribution >= 0.6 is 0 Å². The van der Waals surface area contributed by atoms with Crippen LogP contribution in [0.4, 0.5) is 0 Å². The zero-order valence-corrected chi connectivity index (χ0v) is 27.4. The van der Waals surface area contributed by atoms with Gasteiger partial charge < -0.3 is 0 Å². The lowest BCUT2D eigenvalue weighted by atomic mass is 9.70. The van der Waals surface area contributed by atoms with Crippen LogP contribution in [0.5, 0.6) is 0 Å². The highest BCUT2D eigenvalue weighted by Gasteiger charge is 2.51. The standard InChI is InChI=1S/C48H36/c1-47(2)41-20-10-6-16-34(41)38-27-25-33(30-45(38)47)40(32-14-4-3-5-15-32)28-31-24-26-39-37-19-9-13-23-44(37)48(46(39)29-31)42-21-11-7-17-35(42)36-18-8-12-22-43(36)48/h3-27,29-30,40H,28H2,1-2H3. The van der Waals surface area contributed by atoms with Gasteiger partial charge in [-0.05, 0) is 89.9 Å². The fourth-order valence-corrected chi connectivity index (χ4v) is 9.56. The van der Waals surface area contributed by atoms with Crippen LogP contribution in [0, 0.1) is 0 Å². The second-order valence-corrected chi connectivity index (χ2v) is 14.4. The summed E-state index contributed by atoms with van der Waals surface area (Å²) in [5, 5.41) is 0. The van der Waals surface area contributed by atoms with Crippen molar-refractivity contribution in [2.45, 2.75) is 37.0 Å². The molecule has 0 heteroatoms. The van der Waals surface area contributed by atoms with E-state index in [1.54, 1.807) is 0 Å². The van der Waals surface area contributed by atoms with Crippen molar-refractivity contribution < 1.29 is 0 Å². The zero-order valence-electron chi connectivity index (χ0n) is 27.4.